The number of aromatic nitrogens is 1. The Balaban J connectivity index is 1.71. The number of hydrogen-bond acceptors (Lipinski definition) is 3. The molecule has 3 heteroatoms. The number of pyridine rings is 1. The van der Waals surface area contributed by atoms with Gasteiger partial charge in [-0.25, -0.2) is 0 Å². The first-order valence-electron chi connectivity index (χ1n) is 8.32. The van der Waals surface area contributed by atoms with Crippen LogP contribution in [0.2, 0.25) is 0 Å². The molecule has 0 bridgehead atoms. The maximum Gasteiger partial charge on any atom is 0.0562 e. The van der Waals surface area contributed by atoms with E-state index in [0.29, 0.717) is 6.04 Å². The van der Waals surface area contributed by atoms with Crippen LogP contribution in [-0.4, -0.2) is 23.6 Å². The molecular formula is C17H27N3. The fraction of sp³-hybridized carbons (Fsp3) is 0.706. The van der Waals surface area contributed by atoms with Crippen LogP contribution in [0.15, 0.2) is 18.3 Å². The summed E-state index contributed by atoms with van der Waals surface area (Å²) in [4.78, 5) is 7.14. The van der Waals surface area contributed by atoms with Crippen LogP contribution in [0.4, 0.5) is 5.69 Å². The van der Waals surface area contributed by atoms with Crippen LogP contribution in [0, 0.1) is 0 Å². The third kappa shape index (κ3) is 3.51. The number of nitrogens with one attached hydrogen (secondary N) is 1. The first-order chi connectivity index (χ1) is 9.86. The third-order valence-corrected chi connectivity index (χ3v) is 4.63. The van der Waals surface area contributed by atoms with E-state index < -0.39 is 0 Å². The standard InChI is InChI=1S/C17H27N3/c1-2-16-6-4-3-5-11-20(16)17-9-10-18-15(12-17)13-19-14-7-8-14/h9-10,12,14,16,19H,2-8,11,13H2,1H3. The Hall–Kier alpha value is -1.09. The molecule has 0 spiro atoms. The van der Waals surface area contributed by atoms with Gasteiger partial charge in [-0.3, -0.25) is 4.98 Å². The maximum absolute atomic E-state index is 4.52. The highest BCUT2D eigenvalue weighted by molar-refractivity contribution is 5.47. The summed E-state index contributed by atoms with van der Waals surface area (Å²) in [7, 11) is 0. The molecular weight excluding hydrogens is 246 g/mol. The fourth-order valence-electron chi connectivity index (χ4n) is 3.22. The van der Waals surface area contributed by atoms with E-state index in [1.54, 1.807) is 0 Å². The van der Waals surface area contributed by atoms with E-state index in [4.69, 9.17) is 0 Å². The van der Waals surface area contributed by atoms with Crippen molar-refractivity contribution in [1.82, 2.24) is 10.3 Å². The van der Waals surface area contributed by atoms with Crippen LogP contribution in [0.3, 0.4) is 0 Å². The Labute approximate surface area is 122 Å². The summed E-state index contributed by atoms with van der Waals surface area (Å²) in [6, 6.07) is 5.95. The second-order valence-electron chi connectivity index (χ2n) is 6.27. The van der Waals surface area contributed by atoms with Gasteiger partial charge in [0.1, 0.15) is 0 Å². The number of anilines is 1. The van der Waals surface area contributed by atoms with Crippen molar-refractivity contribution >= 4 is 5.69 Å². The Morgan fingerprint density at radius 2 is 2.15 bits per heavy atom. The second kappa shape index (κ2) is 6.57. The van der Waals surface area contributed by atoms with Gasteiger partial charge in [0, 0.05) is 37.1 Å². The van der Waals surface area contributed by atoms with Gasteiger partial charge < -0.3 is 10.2 Å². The van der Waals surface area contributed by atoms with Crippen molar-refractivity contribution in [2.75, 3.05) is 11.4 Å². The topological polar surface area (TPSA) is 28.2 Å². The van der Waals surface area contributed by atoms with Gasteiger partial charge in [-0.1, -0.05) is 19.8 Å². The van der Waals surface area contributed by atoms with E-state index in [2.05, 4.69) is 34.3 Å². The zero-order valence-corrected chi connectivity index (χ0v) is 12.6. The minimum Gasteiger partial charge on any atom is -0.368 e. The highest BCUT2D eigenvalue weighted by Crippen LogP contribution is 2.26. The van der Waals surface area contributed by atoms with Crippen LogP contribution in [0.25, 0.3) is 0 Å². The van der Waals surface area contributed by atoms with Gasteiger partial charge in [-0.2, -0.15) is 0 Å². The van der Waals surface area contributed by atoms with Crippen LogP contribution in [-0.2, 0) is 6.54 Å². The van der Waals surface area contributed by atoms with Crippen LogP contribution < -0.4 is 10.2 Å². The van der Waals surface area contributed by atoms with Gasteiger partial charge in [-0.15, -0.1) is 0 Å². The van der Waals surface area contributed by atoms with Crippen LogP contribution in [0.5, 0.6) is 0 Å². The van der Waals surface area contributed by atoms with E-state index in [1.807, 2.05) is 6.20 Å². The highest BCUT2D eigenvalue weighted by atomic mass is 15.2. The quantitative estimate of drug-likeness (QED) is 0.890. The predicted molar refractivity (Wildman–Crippen MR) is 84.0 cm³/mol. The molecule has 1 aromatic rings. The minimum absolute atomic E-state index is 0.712. The number of rotatable bonds is 5. The first-order valence-corrected chi connectivity index (χ1v) is 8.32. The summed E-state index contributed by atoms with van der Waals surface area (Å²) in [5, 5.41) is 3.56. The van der Waals surface area contributed by atoms with Crippen LogP contribution >= 0.6 is 0 Å². The average Bonchev–Trinajstić information content (AvgIpc) is 3.31. The van der Waals surface area contributed by atoms with Gasteiger partial charge >= 0.3 is 0 Å². The molecule has 110 valence electrons. The van der Waals surface area contributed by atoms with Crippen LogP contribution in [0.1, 0.15) is 57.6 Å². The Morgan fingerprint density at radius 3 is 2.95 bits per heavy atom. The van der Waals surface area contributed by atoms with Gasteiger partial charge in [-0.05, 0) is 44.2 Å². The smallest absolute Gasteiger partial charge is 0.0562 e. The molecule has 1 unspecified atom stereocenters. The molecule has 2 aliphatic rings. The lowest BCUT2D eigenvalue weighted by molar-refractivity contribution is 0.555. The molecule has 2 fully saturated rings. The molecule has 20 heavy (non-hydrogen) atoms. The maximum atomic E-state index is 4.52. The van der Waals surface area contributed by atoms with E-state index in [0.717, 1.165) is 12.6 Å². The molecule has 1 atom stereocenters. The summed E-state index contributed by atoms with van der Waals surface area (Å²) in [6.07, 6.45) is 11.3. The molecule has 1 saturated heterocycles. The monoisotopic (exact) mass is 273 g/mol. The minimum atomic E-state index is 0.712. The van der Waals surface area contributed by atoms with Crippen molar-refractivity contribution in [2.24, 2.45) is 0 Å². The van der Waals surface area contributed by atoms with E-state index in [-0.39, 0.29) is 0 Å². The van der Waals surface area contributed by atoms with E-state index in [9.17, 15) is 0 Å². The Morgan fingerprint density at radius 1 is 1.25 bits per heavy atom. The Bertz CT molecular complexity index is 428. The van der Waals surface area contributed by atoms with Crippen molar-refractivity contribution in [3.63, 3.8) is 0 Å². The fourth-order valence-corrected chi connectivity index (χ4v) is 3.22. The summed E-state index contributed by atoms with van der Waals surface area (Å²) in [5.74, 6) is 0. The number of hydrogen-bond donors (Lipinski definition) is 1. The molecule has 3 nitrogen and oxygen atoms in total. The lowest BCUT2D eigenvalue weighted by Crippen LogP contribution is -2.34. The first kappa shape index (κ1) is 13.9. The van der Waals surface area contributed by atoms with E-state index >= 15 is 0 Å². The molecule has 1 N–H and O–H groups in total. The zero-order chi connectivity index (χ0) is 13.8. The summed E-state index contributed by atoms with van der Waals surface area (Å²) in [5.41, 5.74) is 2.56. The SMILES string of the molecule is CCC1CCCCCN1c1ccnc(CNC2CC2)c1. The van der Waals surface area contributed by atoms with Crippen molar-refractivity contribution < 1.29 is 0 Å². The van der Waals surface area contributed by atoms with Crippen molar-refractivity contribution in [2.45, 2.75) is 70.5 Å². The molecule has 1 saturated carbocycles. The van der Waals surface area contributed by atoms with Gasteiger partial charge in [0.2, 0.25) is 0 Å². The lowest BCUT2D eigenvalue weighted by Gasteiger charge is -2.31. The molecule has 2 heterocycles. The van der Waals surface area contributed by atoms with Crippen molar-refractivity contribution in [1.29, 1.82) is 0 Å². The predicted octanol–water partition coefficient (Wildman–Crippen LogP) is 3.49. The average molecular weight is 273 g/mol. The number of nitrogens with zero attached hydrogens (tertiary/aromatic N) is 2. The van der Waals surface area contributed by atoms with Gasteiger partial charge in [0.15, 0.2) is 0 Å². The largest absolute Gasteiger partial charge is 0.368 e. The van der Waals surface area contributed by atoms with Gasteiger partial charge in [0.25, 0.3) is 0 Å². The summed E-state index contributed by atoms with van der Waals surface area (Å²) >= 11 is 0. The normalized spacial score (nSPS) is 23.6. The summed E-state index contributed by atoms with van der Waals surface area (Å²) < 4.78 is 0. The van der Waals surface area contributed by atoms with E-state index in [1.165, 1.54) is 62.9 Å². The Kier molecular flexibility index (Phi) is 4.56. The molecule has 1 aliphatic heterocycles. The highest BCUT2D eigenvalue weighted by Gasteiger charge is 2.22. The lowest BCUT2D eigenvalue weighted by atomic mass is 10.1. The second-order valence-corrected chi connectivity index (χ2v) is 6.27. The third-order valence-electron chi connectivity index (χ3n) is 4.63. The van der Waals surface area contributed by atoms with Gasteiger partial charge in [0.05, 0.1) is 5.69 Å². The molecule has 0 radical (unpaired) electrons. The molecule has 0 aromatic carbocycles. The molecule has 1 aromatic heterocycles. The molecule has 1 aliphatic carbocycles. The zero-order valence-electron chi connectivity index (χ0n) is 12.6. The molecule has 0 amide bonds. The molecule has 3 rings (SSSR count). The van der Waals surface area contributed by atoms with Crippen molar-refractivity contribution in [3.8, 4) is 0 Å². The summed E-state index contributed by atoms with van der Waals surface area (Å²) in [6.45, 7) is 4.45. The van der Waals surface area contributed by atoms with Crippen molar-refractivity contribution in [3.05, 3.63) is 24.0 Å².